The zero-order valence-corrected chi connectivity index (χ0v) is 20.9. The molecule has 5 rings (SSSR count). The third kappa shape index (κ3) is 4.35. The second-order valence-corrected chi connectivity index (χ2v) is 9.73. The summed E-state index contributed by atoms with van der Waals surface area (Å²) in [5.74, 6) is -0.116. The number of hydrogen-bond acceptors (Lipinski definition) is 8. The first-order valence-electron chi connectivity index (χ1n) is 11.4. The zero-order chi connectivity index (χ0) is 25.3. The summed E-state index contributed by atoms with van der Waals surface area (Å²) in [5, 5.41) is 11.1. The number of nitrogens with zero attached hydrogens (tertiary/aromatic N) is 5. The van der Waals surface area contributed by atoms with Gasteiger partial charge in [-0.05, 0) is 37.1 Å². The topological polar surface area (TPSA) is 99.4 Å². The van der Waals surface area contributed by atoms with E-state index >= 15 is 0 Å². The molecule has 0 radical (unpaired) electrons. The Balaban J connectivity index is 1.26. The van der Waals surface area contributed by atoms with Crippen LogP contribution < -0.4 is 4.74 Å². The third-order valence-corrected chi connectivity index (χ3v) is 6.99. The molecule has 2 aromatic carbocycles. The fourth-order valence-corrected chi connectivity index (χ4v) is 4.84. The number of benzene rings is 2. The van der Waals surface area contributed by atoms with Crippen LogP contribution in [0.1, 0.15) is 11.9 Å². The molecule has 1 fully saturated rings. The Morgan fingerprint density at radius 3 is 2.36 bits per heavy atom. The standard InChI is InChI=1S/C26H25N5O4S/c1-17(35-21-11-9-20(10-12-21)19-7-5-4-6-8-19)24(32)30-15-26(16-30,25(33)34-3)31-13-22(28-29-31)23-14-36-18(2)27-23/h4-14,17H,15-16H2,1-3H3/t17-/m0/s1. The summed E-state index contributed by atoms with van der Waals surface area (Å²) >= 11 is 1.51. The summed E-state index contributed by atoms with van der Waals surface area (Å²) in [6.07, 6.45) is 0.939. The number of aryl methyl sites for hydroxylation is 1. The lowest BCUT2D eigenvalue weighted by Gasteiger charge is -2.47. The van der Waals surface area contributed by atoms with Gasteiger partial charge in [-0.3, -0.25) is 4.79 Å². The van der Waals surface area contributed by atoms with Gasteiger partial charge in [-0.15, -0.1) is 16.4 Å². The first-order chi connectivity index (χ1) is 17.4. The van der Waals surface area contributed by atoms with Gasteiger partial charge in [0.2, 0.25) is 0 Å². The first-order valence-corrected chi connectivity index (χ1v) is 12.3. The number of carbonyl (C=O) groups is 2. The lowest BCUT2D eigenvalue weighted by molar-refractivity contribution is -0.170. The van der Waals surface area contributed by atoms with Crippen LogP contribution in [0.3, 0.4) is 0 Å². The van der Waals surface area contributed by atoms with Crippen molar-refractivity contribution in [1.29, 1.82) is 0 Å². The predicted molar refractivity (Wildman–Crippen MR) is 134 cm³/mol. The van der Waals surface area contributed by atoms with Crippen molar-refractivity contribution >= 4 is 23.2 Å². The number of thiazole rings is 1. The molecule has 184 valence electrons. The molecule has 9 nitrogen and oxygen atoms in total. The molecule has 1 atom stereocenters. The number of aromatic nitrogens is 4. The average molecular weight is 504 g/mol. The minimum absolute atomic E-state index is 0.109. The maximum Gasteiger partial charge on any atom is 0.337 e. The molecule has 0 saturated carbocycles. The fourth-order valence-electron chi connectivity index (χ4n) is 4.24. The number of carbonyl (C=O) groups excluding carboxylic acids is 2. The molecule has 0 spiro atoms. The van der Waals surface area contributed by atoms with E-state index < -0.39 is 17.6 Å². The summed E-state index contributed by atoms with van der Waals surface area (Å²) in [7, 11) is 1.32. The van der Waals surface area contributed by atoms with Crippen molar-refractivity contribution in [1.82, 2.24) is 24.9 Å². The van der Waals surface area contributed by atoms with Gasteiger partial charge in [0.15, 0.2) is 11.6 Å². The van der Waals surface area contributed by atoms with Gasteiger partial charge < -0.3 is 14.4 Å². The molecule has 1 saturated heterocycles. The smallest absolute Gasteiger partial charge is 0.337 e. The van der Waals surface area contributed by atoms with Crippen LogP contribution in [0.2, 0.25) is 0 Å². The molecule has 3 heterocycles. The summed E-state index contributed by atoms with van der Waals surface area (Å²) in [6, 6.07) is 17.6. The van der Waals surface area contributed by atoms with Crippen molar-refractivity contribution in [2.45, 2.75) is 25.5 Å². The van der Waals surface area contributed by atoms with Gasteiger partial charge >= 0.3 is 5.97 Å². The highest BCUT2D eigenvalue weighted by Gasteiger charge is 2.55. The maximum absolute atomic E-state index is 13.1. The number of likely N-dealkylation sites (tertiary alicyclic amines) is 1. The zero-order valence-electron chi connectivity index (χ0n) is 20.1. The number of methoxy groups -OCH3 is 1. The third-order valence-electron chi connectivity index (χ3n) is 6.22. The number of rotatable bonds is 7. The lowest BCUT2D eigenvalue weighted by atomic mass is 9.89. The quantitative estimate of drug-likeness (QED) is 0.356. The number of esters is 1. The molecular formula is C26H25N5O4S. The van der Waals surface area contributed by atoms with E-state index in [2.05, 4.69) is 15.3 Å². The second kappa shape index (κ2) is 9.54. The van der Waals surface area contributed by atoms with Crippen molar-refractivity contribution in [2.75, 3.05) is 20.2 Å². The Labute approximate surface area is 212 Å². The predicted octanol–water partition coefficient (Wildman–Crippen LogP) is 3.56. The van der Waals surface area contributed by atoms with Gasteiger partial charge in [-0.25, -0.2) is 14.5 Å². The SMILES string of the molecule is COC(=O)C1(n2cc(-c3csc(C)n3)nn2)CN(C(=O)[C@H](C)Oc2ccc(-c3ccccc3)cc2)C1. The van der Waals surface area contributed by atoms with E-state index in [-0.39, 0.29) is 19.0 Å². The molecule has 4 aromatic rings. The van der Waals surface area contributed by atoms with E-state index in [4.69, 9.17) is 9.47 Å². The van der Waals surface area contributed by atoms with Gasteiger partial charge in [0.05, 0.1) is 31.4 Å². The summed E-state index contributed by atoms with van der Waals surface area (Å²) < 4.78 is 12.4. The highest BCUT2D eigenvalue weighted by atomic mass is 32.1. The van der Waals surface area contributed by atoms with E-state index in [1.807, 2.05) is 66.9 Å². The van der Waals surface area contributed by atoms with Crippen molar-refractivity contribution in [3.05, 3.63) is 71.2 Å². The highest BCUT2D eigenvalue weighted by Crippen LogP contribution is 2.32. The molecule has 36 heavy (non-hydrogen) atoms. The van der Waals surface area contributed by atoms with Crippen LogP contribution in [0, 0.1) is 6.92 Å². The summed E-state index contributed by atoms with van der Waals surface area (Å²) in [4.78, 5) is 31.8. The van der Waals surface area contributed by atoms with Crippen molar-refractivity contribution in [2.24, 2.45) is 0 Å². The number of amides is 1. The molecule has 1 amide bonds. The second-order valence-electron chi connectivity index (χ2n) is 8.67. The van der Waals surface area contributed by atoms with Gasteiger partial charge in [0, 0.05) is 5.38 Å². The Kier molecular flexibility index (Phi) is 6.27. The van der Waals surface area contributed by atoms with Gasteiger partial charge in [-0.2, -0.15) is 0 Å². The summed E-state index contributed by atoms with van der Waals surface area (Å²) in [5.41, 5.74) is 2.28. The Hall–Kier alpha value is -4.05. The highest BCUT2D eigenvalue weighted by molar-refractivity contribution is 7.09. The van der Waals surface area contributed by atoms with Crippen LogP contribution >= 0.6 is 11.3 Å². The Morgan fingerprint density at radius 2 is 1.72 bits per heavy atom. The van der Waals surface area contributed by atoms with Gasteiger partial charge in [-0.1, -0.05) is 47.7 Å². The lowest BCUT2D eigenvalue weighted by Crippen LogP contribution is -2.69. The maximum atomic E-state index is 13.1. The van der Waals surface area contributed by atoms with E-state index in [9.17, 15) is 9.59 Å². The van der Waals surface area contributed by atoms with E-state index in [0.29, 0.717) is 17.1 Å². The van der Waals surface area contributed by atoms with Gasteiger partial charge in [0.25, 0.3) is 5.91 Å². The van der Waals surface area contributed by atoms with Crippen LogP contribution in [-0.2, 0) is 19.9 Å². The first kappa shape index (κ1) is 23.7. The van der Waals surface area contributed by atoms with Crippen LogP contribution in [0.15, 0.2) is 66.2 Å². The van der Waals surface area contributed by atoms with Crippen molar-refractivity contribution in [3.63, 3.8) is 0 Å². The van der Waals surface area contributed by atoms with Crippen LogP contribution in [0.5, 0.6) is 5.75 Å². The van der Waals surface area contributed by atoms with E-state index in [1.165, 1.54) is 23.1 Å². The Morgan fingerprint density at radius 1 is 1.03 bits per heavy atom. The molecule has 1 aliphatic rings. The summed E-state index contributed by atoms with van der Waals surface area (Å²) in [6.45, 7) is 3.82. The number of hydrogen-bond donors (Lipinski definition) is 0. The largest absolute Gasteiger partial charge is 0.481 e. The van der Waals surface area contributed by atoms with Crippen LogP contribution in [-0.4, -0.2) is 63.1 Å². The molecule has 0 aliphatic carbocycles. The molecule has 1 aliphatic heterocycles. The molecule has 0 N–H and O–H groups in total. The normalized spacial score (nSPS) is 15.1. The molecule has 0 unspecified atom stereocenters. The monoisotopic (exact) mass is 503 g/mol. The van der Waals surface area contributed by atoms with E-state index in [1.54, 1.807) is 18.0 Å². The van der Waals surface area contributed by atoms with Gasteiger partial charge in [0.1, 0.15) is 17.1 Å². The minimum Gasteiger partial charge on any atom is -0.481 e. The minimum atomic E-state index is -1.14. The Bertz CT molecular complexity index is 1380. The molecule has 0 bridgehead atoms. The molecular weight excluding hydrogens is 478 g/mol. The molecule has 10 heteroatoms. The average Bonchev–Trinajstić information content (AvgIpc) is 3.53. The molecule has 2 aromatic heterocycles. The van der Waals surface area contributed by atoms with Crippen LogP contribution in [0.25, 0.3) is 22.5 Å². The fraction of sp³-hybridized carbons (Fsp3) is 0.269. The number of ether oxygens (including phenoxy) is 2. The van der Waals surface area contributed by atoms with Crippen LogP contribution in [0.4, 0.5) is 0 Å². The van der Waals surface area contributed by atoms with E-state index in [0.717, 1.165) is 16.1 Å². The van der Waals surface area contributed by atoms with Crippen molar-refractivity contribution in [3.8, 4) is 28.3 Å². The van der Waals surface area contributed by atoms with Crippen molar-refractivity contribution < 1.29 is 19.1 Å².